The van der Waals surface area contributed by atoms with E-state index in [0.717, 1.165) is 12.2 Å². The van der Waals surface area contributed by atoms with Crippen LogP contribution in [0.4, 0.5) is 11.5 Å². The molecule has 8 nitrogen and oxygen atoms in total. The van der Waals surface area contributed by atoms with Crippen molar-refractivity contribution in [3.63, 3.8) is 0 Å². The summed E-state index contributed by atoms with van der Waals surface area (Å²) in [5, 5.41) is 17.9. The monoisotopic (exact) mass is 426 g/mol. The molecule has 160 valence electrons. The van der Waals surface area contributed by atoms with E-state index >= 15 is 0 Å². The average Bonchev–Trinajstić information content (AvgIpc) is 3.25. The fourth-order valence-electron chi connectivity index (χ4n) is 3.59. The van der Waals surface area contributed by atoms with Crippen molar-refractivity contribution in [3.8, 4) is 11.6 Å². The fourth-order valence-corrected chi connectivity index (χ4v) is 3.59. The Bertz CT molecular complexity index is 1250. The van der Waals surface area contributed by atoms with E-state index in [1.54, 1.807) is 29.2 Å². The zero-order valence-corrected chi connectivity index (χ0v) is 17.2. The largest absolute Gasteiger partial charge is 0.486 e. The summed E-state index contributed by atoms with van der Waals surface area (Å²) in [5.41, 5.74) is 9.43. The number of anilines is 2. The maximum atomic E-state index is 10.5. The van der Waals surface area contributed by atoms with Crippen molar-refractivity contribution in [3.05, 3.63) is 95.8 Å². The number of pyridine rings is 1. The summed E-state index contributed by atoms with van der Waals surface area (Å²) in [7, 11) is 0. The lowest BCUT2D eigenvalue weighted by Crippen LogP contribution is -2.27. The average molecular weight is 426 g/mol. The van der Waals surface area contributed by atoms with Gasteiger partial charge in [0.2, 0.25) is 0 Å². The number of aliphatic hydroxyl groups is 1. The van der Waals surface area contributed by atoms with Gasteiger partial charge < -0.3 is 20.9 Å². The highest BCUT2D eigenvalue weighted by molar-refractivity contribution is 6.00. The summed E-state index contributed by atoms with van der Waals surface area (Å²) in [4.78, 5) is 8.69. The molecule has 2 aromatic heterocycles. The van der Waals surface area contributed by atoms with Gasteiger partial charge in [-0.1, -0.05) is 42.5 Å². The second-order valence-electron chi connectivity index (χ2n) is 7.45. The quantitative estimate of drug-likeness (QED) is 0.436. The van der Waals surface area contributed by atoms with Gasteiger partial charge in [0.05, 0.1) is 5.69 Å². The number of nitrogens with zero attached hydrogens (tertiary/aromatic N) is 4. The highest BCUT2D eigenvalue weighted by atomic mass is 16.5. The Morgan fingerprint density at radius 1 is 1.00 bits per heavy atom. The van der Waals surface area contributed by atoms with E-state index in [0.29, 0.717) is 28.7 Å². The summed E-state index contributed by atoms with van der Waals surface area (Å²) in [6, 6.07) is 21.7. The Balaban J connectivity index is 1.28. The maximum absolute atomic E-state index is 10.5. The third-order valence-electron chi connectivity index (χ3n) is 5.17. The lowest BCUT2D eigenvalue weighted by molar-refractivity contribution is 0.187. The highest BCUT2D eigenvalue weighted by Gasteiger charge is 2.24. The number of aromatic nitrogens is 3. The van der Waals surface area contributed by atoms with E-state index in [1.165, 1.54) is 11.1 Å². The van der Waals surface area contributed by atoms with Gasteiger partial charge in [0.15, 0.2) is 12.0 Å². The summed E-state index contributed by atoms with van der Waals surface area (Å²) in [6.45, 7) is 0.171. The second kappa shape index (κ2) is 8.52. The van der Waals surface area contributed by atoms with Gasteiger partial charge in [-0.3, -0.25) is 0 Å². The van der Waals surface area contributed by atoms with Gasteiger partial charge in [0.1, 0.15) is 24.0 Å². The first-order valence-electron chi connectivity index (χ1n) is 10.2. The minimum absolute atomic E-state index is 0.171. The van der Waals surface area contributed by atoms with Crippen molar-refractivity contribution in [1.82, 2.24) is 14.8 Å². The number of aliphatic imine (C=N–C) groups is 1. The molecule has 1 atom stereocenters. The predicted molar refractivity (Wildman–Crippen MR) is 123 cm³/mol. The first-order chi connectivity index (χ1) is 15.7. The molecule has 8 heteroatoms. The molecule has 1 aliphatic heterocycles. The van der Waals surface area contributed by atoms with Crippen molar-refractivity contribution in [2.45, 2.75) is 12.6 Å². The molecule has 0 amide bonds. The number of aliphatic hydroxyl groups excluding tert-OH is 1. The van der Waals surface area contributed by atoms with Crippen molar-refractivity contribution in [2.24, 2.45) is 4.99 Å². The van der Waals surface area contributed by atoms with Crippen LogP contribution in [0.2, 0.25) is 0 Å². The van der Waals surface area contributed by atoms with Crippen LogP contribution >= 0.6 is 0 Å². The molecule has 0 aliphatic carbocycles. The standard InChI is InChI=1S/C24H22N6O2/c25-20-11-13-30(29-20)23-22-19(10-12-26-23)24(31)28-21(27-22)15-32-18-8-6-17(7-9-18)14-16-4-2-1-3-5-16/h1-13,24,31H,14-15H2,(H2,25,29)(H,27,28). The van der Waals surface area contributed by atoms with Gasteiger partial charge in [-0.25, -0.2) is 14.7 Å². The number of fused-ring (bicyclic) bond motifs is 1. The van der Waals surface area contributed by atoms with Crippen LogP contribution in [0.25, 0.3) is 5.82 Å². The molecule has 2 aromatic carbocycles. The van der Waals surface area contributed by atoms with Crippen molar-refractivity contribution >= 4 is 17.3 Å². The van der Waals surface area contributed by atoms with Crippen molar-refractivity contribution < 1.29 is 9.84 Å². The predicted octanol–water partition coefficient (Wildman–Crippen LogP) is 3.33. The lowest BCUT2D eigenvalue weighted by atomic mass is 10.1. The molecule has 0 saturated carbocycles. The van der Waals surface area contributed by atoms with Crippen LogP contribution in [0.15, 0.2) is 84.1 Å². The molecule has 0 radical (unpaired) electrons. The van der Waals surface area contributed by atoms with Crippen LogP contribution in [0, 0.1) is 0 Å². The first kappa shape index (κ1) is 19.8. The van der Waals surface area contributed by atoms with Gasteiger partial charge in [-0.15, -0.1) is 5.10 Å². The van der Waals surface area contributed by atoms with E-state index in [9.17, 15) is 5.11 Å². The Labute approximate surface area is 185 Å². The third kappa shape index (κ3) is 4.17. The molecule has 0 fully saturated rings. The Morgan fingerprint density at radius 2 is 1.78 bits per heavy atom. The normalized spacial score (nSPS) is 14.9. The van der Waals surface area contributed by atoms with Gasteiger partial charge >= 0.3 is 0 Å². The lowest BCUT2D eigenvalue weighted by Gasteiger charge is -2.23. The van der Waals surface area contributed by atoms with Crippen LogP contribution in [-0.4, -0.2) is 32.3 Å². The number of nitrogen functional groups attached to an aromatic ring is 1. The SMILES string of the molecule is Nc1ccn(-c2nccc3c2NC(COc2ccc(Cc4ccccc4)cc2)=NC3O)n1. The summed E-state index contributed by atoms with van der Waals surface area (Å²) in [5.74, 6) is 2.12. The Morgan fingerprint density at radius 3 is 2.53 bits per heavy atom. The summed E-state index contributed by atoms with van der Waals surface area (Å²) >= 11 is 0. The molecule has 1 aliphatic rings. The molecule has 0 saturated heterocycles. The third-order valence-corrected chi connectivity index (χ3v) is 5.17. The molecule has 5 rings (SSSR count). The van der Waals surface area contributed by atoms with E-state index in [-0.39, 0.29) is 6.61 Å². The molecular weight excluding hydrogens is 404 g/mol. The van der Waals surface area contributed by atoms with E-state index in [1.807, 2.05) is 42.5 Å². The molecule has 4 N–H and O–H groups in total. The zero-order chi connectivity index (χ0) is 21.9. The van der Waals surface area contributed by atoms with E-state index < -0.39 is 6.23 Å². The van der Waals surface area contributed by atoms with E-state index in [2.05, 4.69) is 32.5 Å². The molecule has 1 unspecified atom stereocenters. The second-order valence-corrected chi connectivity index (χ2v) is 7.45. The Kier molecular flexibility index (Phi) is 5.27. The smallest absolute Gasteiger partial charge is 0.177 e. The molecule has 32 heavy (non-hydrogen) atoms. The number of nitrogens with one attached hydrogen (secondary N) is 1. The van der Waals surface area contributed by atoms with Crippen LogP contribution in [0.5, 0.6) is 5.75 Å². The van der Waals surface area contributed by atoms with Gasteiger partial charge in [0, 0.05) is 24.0 Å². The topological polar surface area (TPSA) is 111 Å². The molecule has 0 bridgehead atoms. The number of benzene rings is 2. The van der Waals surface area contributed by atoms with E-state index in [4.69, 9.17) is 10.5 Å². The number of hydrogen-bond donors (Lipinski definition) is 3. The molecule has 4 aromatic rings. The number of nitrogens with two attached hydrogens (primary N) is 1. The molecule has 3 heterocycles. The van der Waals surface area contributed by atoms with Crippen LogP contribution in [0.1, 0.15) is 22.9 Å². The summed E-state index contributed by atoms with van der Waals surface area (Å²) in [6.07, 6.45) is 3.16. The van der Waals surface area contributed by atoms with Gasteiger partial charge in [-0.05, 0) is 35.7 Å². The fraction of sp³-hybridized carbons (Fsp3) is 0.125. The van der Waals surface area contributed by atoms with Gasteiger partial charge in [-0.2, -0.15) is 0 Å². The summed E-state index contributed by atoms with van der Waals surface area (Å²) < 4.78 is 7.46. The zero-order valence-electron chi connectivity index (χ0n) is 17.2. The van der Waals surface area contributed by atoms with Crippen LogP contribution < -0.4 is 15.8 Å². The van der Waals surface area contributed by atoms with Crippen molar-refractivity contribution in [1.29, 1.82) is 0 Å². The van der Waals surface area contributed by atoms with Crippen LogP contribution in [-0.2, 0) is 6.42 Å². The van der Waals surface area contributed by atoms with Gasteiger partial charge in [0.25, 0.3) is 0 Å². The maximum Gasteiger partial charge on any atom is 0.177 e. The Hall–Kier alpha value is -4.17. The molecular formula is C24H22N6O2. The van der Waals surface area contributed by atoms with Crippen LogP contribution in [0.3, 0.4) is 0 Å². The first-order valence-corrected chi connectivity index (χ1v) is 10.2. The minimum Gasteiger partial charge on any atom is -0.486 e. The number of rotatable bonds is 6. The minimum atomic E-state index is -1.02. The number of ether oxygens (including phenoxy) is 1. The van der Waals surface area contributed by atoms with Crippen molar-refractivity contribution in [2.75, 3.05) is 17.7 Å². The number of amidine groups is 1. The molecule has 0 spiro atoms. The number of hydrogen-bond acceptors (Lipinski definition) is 7. The highest BCUT2D eigenvalue weighted by Crippen LogP contribution is 2.32.